The molecule has 276 valence electrons. The lowest BCUT2D eigenvalue weighted by atomic mass is 9.98. The predicted octanol–water partition coefficient (Wildman–Crippen LogP) is 10.3. The van der Waals surface area contributed by atoms with Gasteiger partial charge in [-0.1, -0.05) is 133 Å². The third-order valence-electron chi connectivity index (χ3n) is 8.53. The van der Waals surface area contributed by atoms with E-state index in [1.807, 2.05) is 45.0 Å². The Morgan fingerprint density at radius 1 is 0.740 bits per heavy atom. The van der Waals surface area contributed by atoms with Crippen molar-refractivity contribution in [3.8, 4) is 24.0 Å². The fraction of sp³-hybridized carbons (Fsp3) is 0.571. The first kappa shape index (κ1) is 43.9. The van der Waals surface area contributed by atoms with Gasteiger partial charge in [-0.25, -0.2) is 9.69 Å². The van der Waals surface area contributed by atoms with Crippen molar-refractivity contribution >= 4 is 24.4 Å². The first-order valence-corrected chi connectivity index (χ1v) is 18.4. The molecule has 0 atom stereocenters. The average molecular weight is 692 g/mol. The number of hydrogen-bond acceptors (Lipinski definition) is 6. The van der Waals surface area contributed by atoms with E-state index in [0.29, 0.717) is 6.47 Å². The zero-order chi connectivity index (χ0) is 37.2. The van der Waals surface area contributed by atoms with Crippen LogP contribution >= 0.6 is 0 Å². The lowest BCUT2D eigenvalue weighted by Crippen LogP contribution is -2.38. The van der Waals surface area contributed by atoms with E-state index in [9.17, 15) is 19.2 Å². The highest BCUT2D eigenvalue weighted by Crippen LogP contribution is 2.44. The third-order valence-corrected chi connectivity index (χ3v) is 8.53. The summed E-state index contributed by atoms with van der Waals surface area (Å²) in [7, 11) is 0. The van der Waals surface area contributed by atoms with E-state index in [1.165, 1.54) is 64.2 Å². The van der Waals surface area contributed by atoms with Crippen LogP contribution in [0.25, 0.3) is 11.1 Å². The molecule has 0 unspecified atom stereocenters. The molecule has 2 aromatic carbocycles. The van der Waals surface area contributed by atoms with Gasteiger partial charge in [0.1, 0.15) is 12.2 Å². The summed E-state index contributed by atoms with van der Waals surface area (Å²) >= 11 is 0. The number of carbonyl (C=O) groups excluding carboxylic acids is 3. The molecule has 2 amide bonds. The van der Waals surface area contributed by atoms with Gasteiger partial charge in [0, 0.05) is 25.3 Å². The van der Waals surface area contributed by atoms with Gasteiger partial charge in [0.15, 0.2) is 0 Å². The second kappa shape index (κ2) is 25.8. The predicted molar refractivity (Wildman–Crippen MR) is 201 cm³/mol. The van der Waals surface area contributed by atoms with E-state index < -0.39 is 12.1 Å². The summed E-state index contributed by atoms with van der Waals surface area (Å²) < 4.78 is 10.3. The van der Waals surface area contributed by atoms with Crippen molar-refractivity contribution in [2.45, 2.75) is 142 Å². The van der Waals surface area contributed by atoms with Crippen LogP contribution in [0.4, 0.5) is 4.79 Å². The van der Waals surface area contributed by atoms with Crippen molar-refractivity contribution in [2.75, 3.05) is 13.2 Å². The maximum Gasteiger partial charge on any atom is 0.416 e. The molecule has 1 aliphatic rings. The smallest absolute Gasteiger partial charge is 0.416 e. The molecule has 0 heterocycles. The number of terminal acetylenes is 1. The molecule has 8 nitrogen and oxygen atoms in total. The number of fused-ring (bicyclic) bond motifs is 3. The lowest BCUT2D eigenvalue weighted by molar-refractivity contribution is -0.139. The molecule has 0 radical (unpaired) electrons. The van der Waals surface area contributed by atoms with Gasteiger partial charge >= 0.3 is 12.1 Å². The van der Waals surface area contributed by atoms with Crippen LogP contribution in [-0.2, 0) is 23.9 Å². The number of amides is 2. The van der Waals surface area contributed by atoms with Gasteiger partial charge in [-0.15, -0.1) is 12.8 Å². The zero-order valence-electron chi connectivity index (χ0n) is 31.0. The first-order valence-electron chi connectivity index (χ1n) is 18.4. The molecule has 0 saturated heterocycles. The van der Waals surface area contributed by atoms with E-state index in [4.69, 9.17) is 9.84 Å². The number of carboxylic acid groups (broad SMARTS) is 1. The van der Waals surface area contributed by atoms with E-state index >= 15 is 0 Å². The number of ether oxygens (including phenoxy) is 2. The minimum Gasteiger partial charge on any atom is -0.481 e. The summed E-state index contributed by atoms with van der Waals surface area (Å²) in [5.74, 6) is -1.32. The maximum absolute atomic E-state index is 13.1. The van der Waals surface area contributed by atoms with Gasteiger partial charge in [-0.05, 0) is 55.9 Å². The van der Waals surface area contributed by atoms with Gasteiger partial charge in [0.05, 0.1) is 0 Å². The van der Waals surface area contributed by atoms with Gasteiger partial charge in [-0.2, -0.15) is 0 Å². The summed E-state index contributed by atoms with van der Waals surface area (Å²) in [4.78, 5) is 47.9. The van der Waals surface area contributed by atoms with Crippen molar-refractivity contribution in [3.63, 3.8) is 0 Å². The molecule has 3 rings (SSSR count). The Morgan fingerprint density at radius 3 is 1.62 bits per heavy atom. The summed E-state index contributed by atoms with van der Waals surface area (Å²) in [5, 5.41) is 9.05. The summed E-state index contributed by atoms with van der Waals surface area (Å²) in [6, 6.07) is 16.2. The van der Waals surface area contributed by atoms with Crippen LogP contribution in [0.2, 0.25) is 0 Å². The lowest BCUT2D eigenvalue weighted by Gasteiger charge is -2.22. The van der Waals surface area contributed by atoms with E-state index in [0.717, 1.165) is 46.4 Å². The number of imide groups is 1. The molecule has 1 N–H and O–H groups in total. The summed E-state index contributed by atoms with van der Waals surface area (Å²) in [6.07, 6.45) is 23.6. The largest absolute Gasteiger partial charge is 0.481 e. The van der Waals surface area contributed by atoms with Crippen LogP contribution in [0.3, 0.4) is 0 Å². The van der Waals surface area contributed by atoms with Crippen LogP contribution in [0.1, 0.15) is 147 Å². The number of aliphatic carboxylic acids is 1. The highest BCUT2D eigenvalue weighted by Gasteiger charge is 2.30. The standard InChI is InChI=1S/C35H49NO5.C5H10O2.C2H2/c1-2-3-4-5-6-7-8-9-10-11-12-13-14-24-33(37)36(26-19-25-34(38)39)35(40)41-27-32-30-22-17-15-20-28(30)29-21-16-18-23-31(29)32;1-5(2,3)7-4-6;1-2/h15-18,20-23,32H,2-14,19,24-27H2,1H3,(H,38,39);4H,1-3H3;1-2H. The molecule has 0 fully saturated rings. The van der Waals surface area contributed by atoms with Crippen molar-refractivity contribution in [3.05, 3.63) is 59.7 Å². The zero-order valence-corrected chi connectivity index (χ0v) is 31.0. The number of benzene rings is 2. The molecule has 0 aromatic heterocycles. The Morgan fingerprint density at radius 2 is 1.20 bits per heavy atom. The topological polar surface area (TPSA) is 110 Å². The Hall–Kier alpha value is -4.12. The van der Waals surface area contributed by atoms with E-state index in [1.54, 1.807) is 0 Å². The highest BCUT2D eigenvalue weighted by atomic mass is 16.6. The number of nitrogens with zero attached hydrogens (tertiary/aromatic N) is 1. The maximum atomic E-state index is 13.1. The van der Waals surface area contributed by atoms with Crippen LogP contribution in [0.5, 0.6) is 0 Å². The quantitative estimate of drug-likeness (QED) is 0.0788. The van der Waals surface area contributed by atoms with Crippen LogP contribution in [0, 0.1) is 12.8 Å². The van der Waals surface area contributed by atoms with Crippen LogP contribution < -0.4 is 0 Å². The average Bonchev–Trinajstić information content (AvgIpc) is 3.41. The second-order valence-electron chi connectivity index (χ2n) is 13.7. The molecular formula is C42H61NO7. The third kappa shape index (κ3) is 17.5. The summed E-state index contributed by atoms with van der Waals surface area (Å²) in [5.41, 5.74) is 4.18. The first-order chi connectivity index (χ1) is 24.1. The summed E-state index contributed by atoms with van der Waals surface area (Å²) in [6.45, 7) is 8.36. The molecule has 50 heavy (non-hydrogen) atoms. The SMILES string of the molecule is C#C.CC(C)(C)OC=O.CCCCCCCCCCCCCCCC(=O)N(CCCC(=O)O)C(=O)OCC1c2ccccc2-c2ccccc21. The molecule has 2 aromatic rings. The monoisotopic (exact) mass is 691 g/mol. The second-order valence-corrected chi connectivity index (χ2v) is 13.7. The van der Waals surface area contributed by atoms with Crippen molar-refractivity contribution in [1.82, 2.24) is 4.90 Å². The highest BCUT2D eigenvalue weighted by molar-refractivity contribution is 5.92. The molecule has 1 aliphatic carbocycles. The van der Waals surface area contributed by atoms with Gasteiger partial charge in [0.2, 0.25) is 5.91 Å². The molecule has 8 heteroatoms. The van der Waals surface area contributed by atoms with Crippen molar-refractivity contribution in [1.29, 1.82) is 0 Å². The fourth-order valence-corrected chi connectivity index (χ4v) is 5.95. The van der Waals surface area contributed by atoms with E-state index in [2.05, 4.69) is 48.8 Å². The number of rotatable bonds is 21. The number of carbonyl (C=O) groups is 4. The Balaban J connectivity index is 0.00000123. The molecule has 0 spiro atoms. The normalized spacial score (nSPS) is 11.5. The van der Waals surface area contributed by atoms with Crippen molar-refractivity contribution in [2.24, 2.45) is 0 Å². The van der Waals surface area contributed by atoms with Gasteiger partial charge < -0.3 is 14.6 Å². The van der Waals surface area contributed by atoms with Gasteiger partial charge in [0.25, 0.3) is 6.47 Å². The minimum absolute atomic E-state index is 0.0558. The molecule has 0 saturated carbocycles. The number of hydrogen-bond donors (Lipinski definition) is 1. The van der Waals surface area contributed by atoms with Crippen molar-refractivity contribution < 1.29 is 33.8 Å². The molecule has 0 aliphatic heterocycles. The van der Waals surface area contributed by atoms with Gasteiger partial charge in [-0.3, -0.25) is 14.4 Å². The minimum atomic E-state index is -0.943. The molecule has 0 bridgehead atoms. The van der Waals surface area contributed by atoms with Crippen LogP contribution in [0.15, 0.2) is 48.5 Å². The van der Waals surface area contributed by atoms with Crippen LogP contribution in [-0.4, -0.2) is 53.2 Å². The number of unbranched alkanes of at least 4 members (excludes halogenated alkanes) is 12. The fourth-order valence-electron chi connectivity index (χ4n) is 5.95. The molecular weight excluding hydrogens is 630 g/mol. The number of carboxylic acids is 1. The van der Waals surface area contributed by atoms with E-state index in [-0.39, 0.29) is 49.8 Å². The Bertz CT molecular complexity index is 1250. The Labute approximate surface area is 301 Å². The Kier molecular flexibility index (Phi) is 22.6.